The van der Waals surface area contributed by atoms with E-state index in [1.165, 1.54) is 16.7 Å². The second-order valence-corrected chi connectivity index (χ2v) is 7.60. The molecule has 0 unspecified atom stereocenters. The molecule has 0 spiro atoms. The van der Waals surface area contributed by atoms with Gasteiger partial charge in [-0.25, -0.2) is 0 Å². The van der Waals surface area contributed by atoms with Gasteiger partial charge < -0.3 is 16.0 Å². The molecule has 5 heteroatoms. The Bertz CT molecular complexity index is 940. The number of nitrogens with two attached hydrogens (primary N) is 1. The van der Waals surface area contributed by atoms with Crippen molar-refractivity contribution >= 4 is 22.8 Å². The number of thiophene rings is 1. The highest BCUT2D eigenvalue weighted by molar-refractivity contribution is 7.11. The molecule has 0 fully saturated rings. The molecule has 1 aliphatic carbocycles. The van der Waals surface area contributed by atoms with Crippen molar-refractivity contribution < 1.29 is 4.79 Å². The number of allylic oxidation sites excluding steroid dienone is 2. The van der Waals surface area contributed by atoms with Crippen molar-refractivity contribution in [2.45, 2.75) is 19.5 Å². The second-order valence-electron chi connectivity index (χ2n) is 6.65. The van der Waals surface area contributed by atoms with Gasteiger partial charge in [0.15, 0.2) is 0 Å². The van der Waals surface area contributed by atoms with E-state index in [4.69, 9.17) is 5.73 Å². The topological polar surface area (TPSA) is 58.4 Å². The number of carbonyl (C=O) groups excluding carboxylic acids is 1. The van der Waals surface area contributed by atoms with Crippen LogP contribution in [0.15, 0.2) is 65.8 Å². The standard InChI is InChI=1S/C21H21N3OS/c1-13-20(19(22)21(13)25)24-8-7-16-6-5-15(10-17(16)12-24)11-23-14(2)18-4-3-9-26-18/h3-6,9-10,23H,1-2,7-8,11-12,22H2. The summed E-state index contributed by atoms with van der Waals surface area (Å²) >= 11 is 1.68. The van der Waals surface area contributed by atoms with E-state index in [-0.39, 0.29) is 5.78 Å². The maximum absolute atomic E-state index is 11.6. The number of hydrogen-bond acceptors (Lipinski definition) is 5. The summed E-state index contributed by atoms with van der Waals surface area (Å²) in [4.78, 5) is 15.0. The molecule has 0 bridgehead atoms. The fourth-order valence-electron chi connectivity index (χ4n) is 3.50. The van der Waals surface area contributed by atoms with Crippen LogP contribution in [0.1, 0.15) is 21.6 Å². The second kappa shape index (κ2) is 6.50. The van der Waals surface area contributed by atoms with E-state index in [1.54, 1.807) is 11.3 Å². The Kier molecular flexibility index (Phi) is 4.17. The van der Waals surface area contributed by atoms with E-state index >= 15 is 0 Å². The smallest absolute Gasteiger partial charge is 0.212 e. The number of Topliss-reactive ketones (excluding diaryl/α,β-unsaturated/α-hetero) is 1. The lowest BCUT2D eigenvalue weighted by Crippen LogP contribution is -2.40. The van der Waals surface area contributed by atoms with Crippen molar-refractivity contribution in [3.05, 3.63) is 87.4 Å². The van der Waals surface area contributed by atoms with Gasteiger partial charge >= 0.3 is 0 Å². The summed E-state index contributed by atoms with van der Waals surface area (Å²) in [7, 11) is 0. The van der Waals surface area contributed by atoms with Crippen LogP contribution in [0.3, 0.4) is 0 Å². The number of carbonyl (C=O) groups is 1. The first kappa shape index (κ1) is 16.7. The molecule has 0 amide bonds. The minimum Gasteiger partial charge on any atom is -0.394 e. The van der Waals surface area contributed by atoms with Crippen molar-refractivity contribution in [3.8, 4) is 0 Å². The van der Waals surface area contributed by atoms with Crippen molar-refractivity contribution in [1.29, 1.82) is 0 Å². The van der Waals surface area contributed by atoms with E-state index in [0.717, 1.165) is 42.3 Å². The normalized spacial score (nSPS) is 16.4. The monoisotopic (exact) mass is 363 g/mol. The average molecular weight is 363 g/mol. The summed E-state index contributed by atoms with van der Waals surface area (Å²) in [6, 6.07) is 10.7. The van der Waals surface area contributed by atoms with Crippen molar-refractivity contribution in [2.24, 2.45) is 5.73 Å². The first-order chi connectivity index (χ1) is 12.5. The third kappa shape index (κ3) is 2.84. The molecule has 1 aromatic heterocycles. The lowest BCUT2D eigenvalue weighted by Gasteiger charge is -2.37. The van der Waals surface area contributed by atoms with Gasteiger partial charge in [-0.2, -0.15) is 0 Å². The Morgan fingerprint density at radius 2 is 2.15 bits per heavy atom. The van der Waals surface area contributed by atoms with Crippen molar-refractivity contribution in [3.63, 3.8) is 0 Å². The molecule has 1 aliphatic heterocycles. The molecule has 0 atom stereocenters. The van der Waals surface area contributed by atoms with E-state index in [0.29, 0.717) is 11.3 Å². The molecule has 2 aliphatic rings. The number of ketones is 1. The summed E-state index contributed by atoms with van der Waals surface area (Å²) < 4.78 is 0. The fourth-order valence-corrected chi connectivity index (χ4v) is 4.17. The average Bonchev–Trinajstić information content (AvgIpc) is 3.20. The molecule has 4 rings (SSSR count). The minimum atomic E-state index is -0.115. The third-order valence-electron chi connectivity index (χ3n) is 4.98. The highest BCUT2D eigenvalue weighted by atomic mass is 32.1. The number of hydrogen-bond donors (Lipinski definition) is 2. The quantitative estimate of drug-likeness (QED) is 0.801. The van der Waals surface area contributed by atoms with Crippen LogP contribution in [0.25, 0.3) is 5.70 Å². The zero-order valence-corrected chi connectivity index (χ0v) is 15.4. The van der Waals surface area contributed by atoms with Crippen LogP contribution in [-0.4, -0.2) is 17.2 Å². The van der Waals surface area contributed by atoms with Crippen LogP contribution in [0.2, 0.25) is 0 Å². The van der Waals surface area contributed by atoms with Gasteiger partial charge in [0, 0.05) is 35.8 Å². The highest BCUT2D eigenvalue weighted by Gasteiger charge is 2.34. The summed E-state index contributed by atoms with van der Waals surface area (Å²) in [5.74, 6) is -0.115. The summed E-state index contributed by atoms with van der Waals surface area (Å²) in [6.45, 7) is 10.3. The predicted molar refractivity (Wildman–Crippen MR) is 106 cm³/mol. The maximum atomic E-state index is 11.6. The Morgan fingerprint density at radius 1 is 1.31 bits per heavy atom. The highest BCUT2D eigenvalue weighted by Crippen LogP contribution is 2.33. The van der Waals surface area contributed by atoms with Crippen LogP contribution in [-0.2, 0) is 24.3 Å². The summed E-state index contributed by atoms with van der Waals surface area (Å²) in [5.41, 5.74) is 12.4. The SMILES string of the molecule is C=C1C(=O)C(N)=C1N1CCc2ccc(CNC(=C)c3cccs3)cc2C1. The van der Waals surface area contributed by atoms with Crippen LogP contribution < -0.4 is 11.1 Å². The Hall–Kier alpha value is -2.79. The number of nitrogens with one attached hydrogen (secondary N) is 1. The first-order valence-corrected chi connectivity index (χ1v) is 9.48. The maximum Gasteiger partial charge on any atom is 0.212 e. The molecular weight excluding hydrogens is 342 g/mol. The van der Waals surface area contributed by atoms with E-state index in [2.05, 4.69) is 53.0 Å². The van der Waals surface area contributed by atoms with Crippen LogP contribution in [0, 0.1) is 0 Å². The Morgan fingerprint density at radius 3 is 2.88 bits per heavy atom. The largest absolute Gasteiger partial charge is 0.394 e. The zero-order chi connectivity index (χ0) is 18.3. The lowest BCUT2D eigenvalue weighted by atomic mass is 9.89. The molecular formula is C21H21N3OS. The van der Waals surface area contributed by atoms with Gasteiger partial charge in [0.1, 0.15) is 5.70 Å². The molecule has 2 aromatic rings. The van der Waals surface area contributed by atoms with E-state index < -0.39 is 0 Å². The summed E-state index contributed by atoms with van der Waals surface area (Å²) in [6.07, 6.45) is 0.948. The zero-order valence-electron chi connectivity index (χ0n) is 14.5. The number of nitrogens with zero attached hydrogens (tertiary/aromatic N) is 1. The third-order valence-corrected chi connectivity index (χ3v) is 5.91. The van der Waals surface area contributed by atoms with Crippen LogP contribution >= 0.6 is 11.3 Å². The molecule has 132 valence electrons. The number of benzene rings is 1. The molecule has 0 radical (unpaired) electrons. The Balaban J connectivity index is 1.47. The van der Waals surface area contributed by atoms with Gasteiger partial charge in [-0.1, -0.05) is 37.4 Å². The molecule has 0 saturated heterocycles. The lowest BCUT2D eigenvalue weighted by molar-refractivity contribution is -0.113. The van der Waals surface area contributed by atoms with E-state index in [1.807, 2.05) is 6.07 Å². The van der Waals surface area contributed by atoms with Gasteiger partial charge in [0.25, 0.3) is 0 Å². The van der Waals surface area contributed by atoms with Crippen LogP contribution in [0.5, 0.6) is 0 Å². The number of fused-ring (bicyclic) bond motifs is 1. The molecule has 1 aromatic carbocycles. The first-order valence-electron chi connectivity index (χ1n) is 8.60. The summed E-state index contributed by atoms with van der Waals surface area (Å²) in [5, 5.41) is 5.45. The Labute approximate surface area is 157 Å². The van der Waals surface area contributed by atoms with Crippen LogP contribution in [0.4, 0.5) is 0 Å². The molecule has 2 heterocycles. The van der Waals surface area contributed by atoms with Gasteiger partial charge in [-0.3, -0.25) is 4.79 Å². The molecule has 4 nitrogen and oxygen atoms in total. The predicted octanol–water partition coefficient (Wildman–Crippen LogP) is 3.18. The van der Waals surface area contributed by atoms with Gasteiger partial charge in [-0.05, 0) is 34.6 Å². The van der Waals surface area contributed by atoms with Gasteiger partial charge in [-0.15, -0.1) is 11.3 Å². The van der Waals surface area contributed by atoms with Crippen molar-refractivity contribution in [2.75, 3.05) is 6.54 Å². The fraction of sp³-hybridized carbons (Fsp3) is 0.190. The van der Waals surface area contributed by atoms with Gasteiger partial charge in [0.05, 0.1) is 5.70 Å². The molecule has 26 heavy (non-hydrogen) atoms. The number of rotatable bonds is 5. The van der Waals surface area contributed by atoms with Crippen molar-refractivity contribution in [1.82, 2.24) is 10.2 Å². The molecule has 3 N–H and O–H groups in total. The van der Waals surface area contributed by atoms with Gasteiger partial charge in [0.2, 0.25) is 5.78 Å². The van der Waals surface area contributed by atoms with E-state index in [9.17, 15) is 4.79 Å². The minimum absolute atomic E-state index is 0.115. The molecule has 0 saturated carbocycles.